The predicted molar refractivity (Wildman–Crippen MR) is 40.2 cm³/mol. The van der Waals surface area contributed by atoms with Crippen LogP contribution < -0.4 is 10.4 Å². The summed E-state index contributed by atoms with van der Waals surface area (Å²) < 4.78 is 0.951. The number of rotatable bonds is 2. The van der Waals surface area contributed by atoms with Gasteiger partial charge in [-0.25, -0.2) is 9.98 Å². The topological polar surface area (TPSA) is 56.5 Å². The molecule has 0 bridgehead atoms. The van der Waals surface area contributed by atoms with E-state index in [2.05, 4.69) is 21.5 Å². The third-order valence-corrected chi connectivity index (χ3v) is 1.11. The zero-order valence-electron chi connectivity index (χ0n) is 6.02. The van der Waals surface area contributed by atoms with Gasteiger partial charge in [0.15, 0.2) is 0 Å². The van der Waals surface area contributed by atoms with Crippen molar-refractivity contribution in [2.45, 2.75) is 0 Å². The normalized spacial score (nSPS) is 9.18. The Hall–Kier alpha value is -1.65. The van der Waals surface area contributed by atoms with Crippen molar-refractivity contribution < 1.29 is 4.84 Å². The Balaban J connectivity index is 3.36. The summed E-state index contributed by atoms with van der Waals surface area (Å²) in [5.41, 5.74) is -0.315. The standard InChI is InChI=1S/C6H7N3O2/c1-7-6-8-4-3-5(10)9(6)11-2/h3-4H,1H2,2H3. The molecule has 1 heterocycles. The molecule has 0 saturated heterocycles. The van der Waals surface area contributed by atoms with Gasteiger partial charge in [0.2, 0.25) is 0 Å². The van der Waals surface area contributed by atoms with Crippen LogP contribution in [0.1, 0.15) is 0 Å². The van der Waals surface area contributed by atoms with Crippen LogP contribution in [-0.2, 0) is 0 Å². The molecule has 1 aromatic rings. The van der Waals surface area contributed by atoms with E-state index in [4.69, 9.17) is 0 Å². The fourth-order valence-corrected chi connectivity index (χ4v) is 0.663. The predicted octanol–water partition coefficient (Wildman–Crippen LogP) is -0.366. The number of aromatic nitrogens is 2. The first kappa shape index (κ1) is 7.46. The summed E-state index contributed by atoms with van der Waals surface area (Å²) in [5, 5.41) is 0. The van der Waals surface area contributed by atoms with Crippen molar-refractivity contribution in [2.75, 3.05) is 7.11 Å². The molecule has 0 saturated carbocycles. The molecule has 1 aromatic heterocycles. The Morgan fingerprint density at radius 3 is 3.00 bits per heavy atom. The largest absolute Gasteiger partial charge is 0.411 e. The van der Waals surface area contributed by atoms with E-state index in [-0.39, 0.29) is 11.5 Å². The zero-order chi connectivity index (χ0) is 8.27. The molecule has 1 rings (SSSR count). The van der Waals surface area contributed by atoms with Gasteiger partial charge in [-0.15, -0.1) is 4.73 Å². The van der Waals surface area contributed by atoms with Crippen molar-refractivity contribution in [3.05, 3.63) is 22.6 Å². The van der Waals surface area contributed by atoms with Gasteiger partial charge in [0.1, 0.15) is 7.11 Å². The lowest BCUT2D eigenvalue weighted by Crippen LogP contribution is -2.24. The molecule has 0 aliphatic carbocycles. The molecule has 11 heavy (non-hydrogen) atoms. The highest BCUT2D eigenvalue weighted by atomic mass is 16.7. The van der Waals surface area contributed by atoms with Crippen molar-refractivity contribution in [1.29, 1.82) is 0 Å². The van der Waals surface area contributed by atoms with E-state index in [1.54, 1.807) is 0 Å². The second-order valence-electron chi connectivity index (χ2n) is 1.72. The molecule has 0 aliphatic heterocycles. The molecule has 0 atom stereocenters. The number of hydrogen-bond donors (Lipinski definition) is 0. The van der Waals surface area contributed by atoms with Gasteiger partial charge in [0, 0.05) is 12.3 Å². The van der Waals surface area contributed by atoms with Crippen LogP contribution in [0.5, 0.6) is 0 Å². The fraction of sp³-hybridized carbons (Fsp3) is 0.167. The van der Waals surface area contributed by atoms with E-state index in [9.17, 15) is 4.79 Å². The molecule has 0 unspecified atom stereocenters. The number of hydrogen-bond acceptors (Lipinski definition) is 4. The molecular weight excluding hydrogens is 146 g/mol. The summed E-state index contributed by atoms with van der Waals surface area (Å²) in [7, 11) is 1.36. The van der Waals surface area contributed by atoms with E-state index in [1.165, 1.54) is 19.4 Å². The molecule has 0 amide bonds. The van der Waals surface area contributed by atoms with Gasteiger partial charge in [-0.1, -0.05) is 0 Å². The Kier molecular flexibility index (Phi) is 2.00. The van der Waals surface area contributed by atoms with Crippen molar-refractivity contribution in [3.8, 4) is 0 Å². The third-order valence-electron chi connectivity index (χ3n) is 1.11. The van der Waals surface area contributed by atoms with Gasteiger partial charge < -0.3 is 4.84 Å². The highest BCUT2D eigenvalue weighted by Gasteiger charge is 1.99. The molecule has 0 spiro atoms. The molecule has 5 heteroatoms. The van der Waals surface area contributed by atoms with Crippen molar-refractivity contribution in [1.82, 2.24) is 9.71 Å². The first-order chi connectivity index (χ1) is 5.29. The minimum atomic E-state index is -0.315. The van der Waals surface area contributed by atoms with Gasteiger partial charge in [-0.3, -0.25) is 4.79 Å². The maximum absolute atomic E-state index is 10.9. The lowest BCUT2D eigenvalue weighted by atomic mass is 10.6. The summed E-state index contributed by atoms with van der Waals surface area (Å²) in [5.74, 6) is 0.153. The third kappa shape index (κ3) is 1.26. The monoisotopic (exact) mass is 153 g/mol. The molecule has 5 nitrogen and oxygen atoms in total. The summed E-state index contributed by atoms with van der Waals surface area (Å²) in [4.78, 5) is 22.8. The summed E-state index contributed by atoms with van der Waals surface area (Å²) in [6, 6.07) is 1.28. The average Bonchev–Trinajstić information content (AvgIpc) is 2.04. The quantitative estimate of drug-likeness (QED) is 0.545. The van der Waals surface area contributed by atoms with E-state index in [1.807, 2.05) is 0 Å². The molecule has 0 aliphatic rings. The van der Waals surface area contributed by atoms with Crippen LogP contribution in [0.2, 0.25) is 0 Å². The molecule has 58 valence electrons. The second kappa shape index (κ2) is 2.96. The van der Waals surface area contributed by atoms with Gasteiger partial charge >= 0.3 is 0 Å². The first-order valence-electron chi connectivity index (χ1n) is 2.89. The highest BCUT2D eigenvalue weighted by Crippen LogP contribution is 1.98. The van der Waals surface area contributed by atoms with Crippen LogP contribution in [0.4, 0.5) is 5.95 Å². The van der Waals surface area contributed by atoms with Gasteiger partial charge in [-0.05, 0) is 6.72 Å². The van der Waals surface area contributed by atoms with E-state index < -0.39 is 0 Å². The Morgan fingerprint density at radius 2 is 2.55 bits per heavy atom. The SMILES string of the molecule is C=Nc1nccc(=O)n1OC. The summed E-state index contributed by atoms with van der Waals surface area (Å²) in [6.45, 7) is 3.23. The minimum Gasteiger partial charge on any atom is -0.411 e. The number of nitrogens with zero attached hydrogens (tertiary/aromatic N) is 3. The lowest BCUT2D eigenvalue weighted by molar-refractivity contribution is 0.158. The van der Waals surface area contributed by atoms with E-state index >= 15 is 0 Å². The van der Waals surface area contributed by atoms with Crippen LogP contribution in [0.15, 0.2) is 22.1 Å². The van der Waals surface area contributed by atoms with Crippen LogP contribution in [0.3, 0.4) is 0 Å². The summed E-state index contributed by atoms with van der Waals surface area (Å²) in [6.07, 6.45) is 1.35. The van der Waals surface area contributed by atoms with Crippen molar-refractivity contribution >= 4 is 12.7 Å². The first-order valence-corrected chi connectivity index (χ1v) is 2.89. The maximum atomic E-state index is 10.9. The fourth-order valence-electron chi connectivity index (χ4n) is 0.663. The van der Waals surface area contributed by atoms with E-state index in [0.29, 0.717) is 0 Å². The maximum Gasteiger partial charge on any atom is 0.288 e. The molecule has 0 radical (unpaired) electrons. The average molecular weight is 153 g/mol. The Morgan fingerprint density at radius 1 is 1.82 bits per heavy atom. The molecular formula is C6H7N3O2. The van der Waals surface area contributed by atoms with Crippen LogP contribution in [0, 0.1) is 0 Å². The zero-order valence-corrected chi connectivity index (χ0v) is 6.02. The van der Waals surface area contributed by atoms with Crippen LogP contribution in [0.25, 0.3) is 0 Å². The van der Waals surface area contributed by atoms with Gasteiger partial charge in [0.05, 0.1) is 0 Å². The van der Waals surface area contributed by atoms with Crippen molar-refractivity contribution in [2.24, 2.45) is 4.99 Å². The second-order valence-corrected chi connectivity index (χ2v) is 1.72. The Bertz CT molecular complexity index is 318. The molecule has 0 N–H and O–H groups in total. The Labute approximate surface area is 62.9 Å². The minimum absolute atomic E-state index is 0.153. The molecule has 0 fully saturated rings. The number of aliphatic imine (C=N–C) groups is 1. The smallest absolute Gasteiger partial charge is 0.288 e. The van der Waals surface area contributed by atoms with Crippen molar-refractivity contribution in [3.63, 3.8) is 0 Å². The van der Waals surface area contributed by atoms with Gasteiger partial charge in [0.25, 0.3) is 11.5 Å². The molecule has 0 aromatic carbocycles. The lowest BCUT2D eigenvalue weighted by Gasteiger charge is -2.02. The highest BCUT2D eigenvalue weighted by molar-refractivity contribution is 5.34. The van der Waals surface area contributed by atoms with Crippen LogP contribution in [-0.4, -0.2) is 23.5 Å². The van der Waals surface area contributed by atoms with Gasteiger partial charge in [-0.2, -0.15) is 0 Å². The van der Waals surface area contributed by atoms with Crippen LogP contribution >= 0.6 is 0 Å². The summed E-state index contributed by atoms with van der Waals surface area (Å²) >= 11 is 0. The van der Waals surface area contributed by atoms with E-state index in [0.717, 1.165) is 4.73 Å².